The molecule has 0 saturated heterocycles. The normalized spacial score (nSPS) is 11.5. The van der Waals surface area contributed by atoms with Crippen LogP contribution in [0.15, 0.2) is 36.6 Å². The summed E-state index contributed by atoms with van der Waals surface area (Å²) in [5.41, 5.74) is 0.861. The first-order valence-corrected chi connectivity index (χ1v) is 11.0. The van der Waals surface area contributed by atoms with Crippen LogP contribution in [0.3, 0.4) is 0 Å². The molecule has 1 unspecified atom stereocenters. The van der Waals surface area contributed by atoms with Crippen LogP contribution in [0.5, 0.6) is 0 Å². The van der Waals surface area contributed by atoms with Crippen molar-refractivity contribution >= 4 is 18.2 Å². The molecule has 1 atom stereocenters. The van der Waals surface area contributed by atoms with Crippen LogP contribution in [0.2, 0.25) is 0 Å². The number of nitrogens with one attached hydrogen (secondary N) is 2. The predicted molar refractivity (Wildman–Crippen MR) is 127 cm³/mol. The van der Waals surface area contributed by atoms with E-state index in [0.29, 0.717) is 30.3 Å². The van der Waals surface area contributed by atoms with Gasteiger partial charge >= 0.3 is 18.2 Å². The second kappa shape index (κ2) is 15.8. The van der Waals surface area contributed by atoms with Crippen molar-refractivity contribution in [3.05, 3.63) is 36.6 Å². The number of rotatable bonds is 16. The van der Waals surface area contributed by atoms with Crippen molar-refractivity contribution in [1.29, 1.82) is 0 Å². The molecule has 0 rings (SSSR count). The summed E-state index contributed by atoms with van der Waals surface area (Å²) in [6.45, 7) is 21.6. The third kappa shape index (κ3) is 16.3. The van der Waals surface area contributed by atoms with Crippen molar-refractivity contribution in [2.75, 3.05) is 39.5 Å². The minimum atomic E-state index is -0.562. The Morgan fingerprint density at radius 1 is 0.818 bits per heavy atom. The van der Waals surface area contributed by atoms with Gasteiger partial charge in [0.25, 0.3) is 0 Å². The van der Waals surface area contributed by atoms with E-state index in [-0.39, 0.29) is 31.8 Å². The topological polar surface area (TPSA) is 112 Å². The maximum Gasteiger partial charge on any atom is 0.407 e. The van der Waals surface area contributed by atoms with Crippen LogP contribution in [-0.4, -0.2) is 57.7 Å². The summed E-state index contributed by atoms with van der Waals surface area (Å²) in [5.74, 6) is 0.259. The summed E-state index contributed by atoms with van der Waals surface area (Å²) >= 11 is 0. The zero-order valence-corrected chi connectivity index (χ0v) is 20.7. The highest BCUT2D eigenvalue weighted by molar-refractivity contribution is 5.86. The van der Waals surface area contributed by atoms with Gasteiger partial charge in [-0.2, -0.15) is 0 Å². The predicted octanol–water partition coefficient (Wildman–Crippen LogP) is 4.11. The minimum absolute atomic E-state index is 0.0179. The maximum absolute atomic E-state index is 11.9. The lowest BCUT2D eigenvalue weighted by atomic mass is 9.82. The van der Waals surface area contributed by atoms with Gasteiger partial charge in [0.2, 0.25) is 0 Å². The number of hydrogen-bond acceptors (Lipinski definition) is 7. The molecule has 0 aliphatic heterocycles. The molecule has 188 valence electrons. The van der Waals surface area contributed by atoms with Gasteiger partial charge < -0.3 is 29.6 Å². The summed E-state index contributed by atoms with van der Waals surface area (Å²) in [6.07, 6.45) is 0.520. The van der Waals surface area contributed by atoms with Gasteiger partial charge in [-0.1, -0.05) is 40.5 Å². The Balaban J connectivity index is 3.96. The molecule has 0 heterocycles. The molecule has 2 amide bonds. The van der Waals surface area contributed by atoms with Crippen LogP contribution in [-0.2, 0) is 23.7 Å². The number of alkyl carbamates (subject to hydrolysis) is 2. The standard InChI is InChI=1S/C24H40N2O7/c1-17(2)20(6)30-11-13-33-23(29)26-16-24(7,8)15-19(5)9-10-25-22(28)32-14-12-31-21(27)18(3)4/h19H,1,3,6,9-16H2,2,4-5,7-8H3,(H,25,28)(H,26,29). The van der Waals surface area contributed by atoms with Gasteiger partial charge in [0.1, 0.15) is 32.2 Å². The fourth-order valence-electron chi connectivity index (χ4n) is 2.77. The monoisotopic (exact) mass is 468 g/mol. The average Bonchev–Trinajstić information content (AvgIpc) is 2.71. The largest absolute Gasteiger partial charge is 0.490 e. The first-order valence-electron chi connectivity index (χ1n) is 11.0. The van der Waals surface area contributed by atoms with Crippen molar-refractivity contribution in [2.45, 2.75) is 47.5 Å². The molecule has 0 aliphatic carbocycles. The van der Waals surface area contributed by atoms with Crippen LogP contribution in [0.4, 0.5) is 9.59 Å². The molecular weight excluding hydrogens is 428 g/mol. The van der Waals surface area contributed by atoms with Crippen molar-refractivity contribution in [2.24, 2.45) is 11.3 Å². The number of ether oxygens (including phenoxy) is 4. The van der Waals surface area contributed by atoms with Gasteiger partial charge in [-0.3, -0.25) is 0 Å². The second-order valence-corrected chi connectivity index (χ2v) is 8.78. The van der Waals surface area contributed by atoms with Crippen LogP contribution < -0.4 is 10.6 Å². The fourth-order valence-corrected chi connectivity index (χ4v) is 2.77. The molecule has 9 nitrogen and oxygen atoms in total. The molecule has 9 heteroatoms. The molecule has 0 aromatic carbocycles. The third-order valence-corrected chi connectivity index (χ3v) is 4.49. The van der Waals surface area contributed by atoms with Crippen molar-refractivity contribution < 1.29 is 33.3 Å². The Morgan fingerprint density at radius 2 is 1.33 bits per heavy atom. The summed E-state index contributed by atoms with van der Waals surface area (Å²) in [6, 6.07) is 0. The Labute approximate surface area is 197 Å². The van der Waals surface area contributed by atoms with E-state index in [1.807, 2.05) is 0 Å². The van der Waals surface area contributed by atoms with E-state index in [0.717, 1.165) is 18.4 Å². The molecule has 0 aromatic heterocycles. The smallest absolute Gasteiger partial charge is 0.407 e. The van der Waals surface area contributed by atoms with Crippen molar-refractivity contribution in [3.8, 4) is 0 Å². The van der Waals surface area contributed by atoms with E-state index in [9.17, 15) is 14.4 Å². The van der Waals surface area contributed by atoms with E-state index in [2.05, 4.69) is 51.1 Å². The van der Waals surface area contributed by atoms with Crippen molar-refractivity contribution in [3.63, 3.8) is 0 Å². The summed E-state index contributed by atoms with van der Waals surface area (Å²) in [7, 11) is 0. The number of allylic oxidation sites excluding steroid dienone is 1. The molecule has 0 bridgehead atoms. The van der Waals surface area contributed by atoms with E-state index < -0.39 is 18.2 Å². The van der Waals surface area contributed by atoms with Gasteiger partial charge in [0, 0.05) is 18.7 Å². The molecule has 0 aliphatic rings. The Morgan fingerprint density at radius 3 is 1.88 bits per heavy atom. The van der Waals surface area contributed by atoms with Crippen LogP contribution >= 0.6 is 0 Å². The number of esters is 1. The number of amides is 2. The number of hydrogen-bond donors (Lipinski definition) is 2. The molecule has 0 saturated carbocycles. The summed E-state index contributed by atoms with van der Waals surface area (Å²) in [4.78, 5) is 34.7. The average molecular weight is 469 g/mol. The molecule has 33 heavy (non-hydrogen) atoms. The van der Waals surface area contributed by atoms with Crippen LogP contribution in [0, 0.1) is 11.3 Å². The van der Waals surface area contributed by atoms with E-state index in [1.54, 1.807) is 13.8 Å². The molecule has 2 N–H and O–H groups in total. The highest BCUT2D eigenvalue weighted by Gasteiger charge is 2.22. The van der Waals surface area contributed by atoms with E-state index >= 15 is 0 Å². The van der Waals surface area contributed by atoms with E-state index in [4.69, 9.17) is 18.9 Å². The van der Waals surface area contributed by atoms with Gasteiger partial charge in [-0.15, -0.1) is 0 Å². The molecular formula is C24H40N2O7. The molecule has 0 radical (unpaired) electrons. The fraction of sp³-hybridized carbons (Fsp3) is 0.625. The van der Waals surface area contributed by atoms with Crippen LogP contribution in [0.1, 0.15) is 47.5 Å². The summed E-state index contributed by atoms with van der Waals surface area (Å²) in [5, 5.41) is 5.44. The number of carbonyl (C=O) groups is 3. The van der Waals surface area contributed by atoms with E-state index in [1.165, 1.54) is 0 Å². The lowest BCUT2D eigenvalue weighted by Crippen LogP contribution is -2.36. The summed E-state index contributed by atoms with van der Waals surface area (Å²) < 4.78 is 20.2. The third-order valence-electron chi connectivity index (χ3n) is 4.49. The molecule has 0 spiro atoms. The lowest BCUT2D eigenvalue weighted by molar-refractivity contribution is -0.139. The lowest BCUT2D eigenvalue weighted by Gasteiger charge is -2.28. The van der Waals surface area contributed by atoms with Gasteiger partial charge in [-0.05, 0) is 43.6 Å². The van der Waals surface area contributed by atoms with Crippen molar-refractivity contribution in [1.82, 2.24) is 10.6 Å². The Hall–Kier alpha value is -2.97. The zero-order chi connectivity index (χ0) is 25.4. The maximum atomic E-state index is 11.9. The first kappa shape index (κ1) is 30.0. The Bertz CT molecular complexity index is 701. The molecule has 0 aromatic rings. The first-order chi connectivity index (χ1) is 15.3. The van der Waals surface area contributed by atoms with Gasteiger partial charge in [0.05, 0.1) is 0 Å². The minimum Gasteiger partial charge on any atom is -0.490 e. The SMILES string of the molecule is C=C(C)C(=C)OCCOC(=O)NCC(C)(C)CC(C)CCNC(=O)OCCOC(=O)C(=C)C. The number of carbonyl (C=O) groups excluding carboxylic acids is 3. The zero-order valence-electron chi connectivity index (χ0n) is 20.7. The highest BCUT2D eigenvalue weighted by Crippen LogP contribution is 2.26. The highest BCUT2D eigenvalue weighted by atomic mass is 16.6. The van der Waals surface area contributed by atoms with Gasteiger partial charge in [-0.25, -0.2) is 14.4 Å². The molecule has 0 fully saturated rings. The van der Waals surface area contributed by atoms with Gasteiger partial charge in [0.15, 0.2) is 0 Å². The Kier molecular flexibility index (Phi) is 14.4. The van der Waals surface area contributed by atoms with Crippen LogP contribution in [0.25, 0.3) is 0 Å². The second-order valence-electron chi connectivity index (χ2n) is 8.78. The quantitative estimate of drug-likeness (QED) is 0.0875.